The zero-order valence-electron chi connectivity index (χ0n) is 11.2. The van der Waals surface area contributed by atoms with Gasteiger partial charge in [-0.05, 0) is 22.7 Å². The first-order valence-electron chi connectivity index (χ1n) is 6.69. The van der Waals surface area contributed by atoms with E-state index >= 15 is 0 Å². The third-order valence-electron chi connectivity index (χ3n) is 3.26. The molecule has 0 N–H and O–H groups in total. The second kappa shape index (κ2) is 7.87. The molecule has 0 aromatic heterocycles. The molecule has 0 aliphatic heterocycles. The molecule has 0 aliphatic rings. The summed E-state index contributed by atoms with van der Waals surface area (Å²) in [6.45, 7) is 0.421. The average Bonchev–Trinajstić information content (AvgIpc) is 2.49. The van der Waals surface area contributed by atoms with Crippen LogP contribution in [0.2, 0.25) is 6.04 Å². The van der Waals surface area contributed by atoms with Crippen molar-refractivity contribution in [1.82, 2.24) is 0 Å². The van der Waals surface area contributed by atoms with Crippen LogP contribution in [0.25, 0.3) is 0 Å². The molecule has 0 amide bonds. The molecule has 0 aliphatic carbocycles. The molecule has 2 nitrogen and oxygen atoms in total. The van der Waals surface area contributed by atoms with Gasteiger partial charge in [-0.1, -0.05) is 60.7 Å². The lowest BCUT2D eigenvalue weighted by Crippen LogP contribution is -2.12. The predicted molar refractivity (Wildman–Crippen MR) is 85.3 cm³/mol. The van der Waals surface area contributed by atoms with E-state index in [9.17, 15) is 4.79 Å². The highest BCUT2D eigenvalue weighted by Crippen LogP contribution is 2.24. The zero-order valence-corrected chi connectivity index (χ0v) is 13.3. The quantitative estimate of drug-likeness (QED) is 0.462. The number of halogens is 1. The molecule has 0 heterocycles. The Morgan fingerprint density at radius 3 is 1.95 bits per heavy atom. The van der Waals surface area contributed by atoms with Crippen LogP contribution in [0, 0.1) is 0 Å². The predicted octanol–water partition coefficient (Wildman–Crippen LogP) is 3.74. The number of hydrogen-bond acceptors (Lipinski definition) is 2. The summed E-state index contributed by atoms with van der Waals surface area (Å²) in [6.07, 6.45) is 0. The van der Waals surface area contributed by atoms with Gasteiger partial charge in [0.2, 0.25) is 0 Å². The van der Waals surface area contributed by atoms with Crippen molar-refractivity contribution in [3.8, 4) is 0 Å². The minimum Gasteiger partial charge on any atom is -0.454 e. The van der Waals surface area contributed by atoms with E-state index in [0.717, 1.165) is 6.04 Å². The Morgan fingerprint density at radius 2 is 1.50 bits per heavy atom. The molecule has 0 fully saturated rings. The minimum absolute atomic E-state index is 0.421. The van der Waals surface area contributed by atoms with Gasteiger partial charge in [-0.3, -0.25) is 0 Å². The van der Waals surface area contributed by atoms with E-state index in [1.54, 1.807) is 0 Å². The standard InChI is InChI=1S/C16H17ClO2Si/c17-16(18)19-11-12-20-15(13-7-3-1-4-8-13)14-9-5-2-6-10-14/h1-10,15H,11-12,20H2. The molecule has 0 spiro atoms. The minimum atomic E-state index is -0.713. The number of rotatable bonds is 6. The Kier molecular flexibility index (Phi) is 5.83. The fraction of sp³-hybridized carbons (Fsp3) is 0.188. The fourth-order valence-electron chi connectivity index (χ4n) is 2.34. The molecule has 0 atom stereocenters. The highest BCUT2D eigenvalue weighted by molar-refractivity contribution is 6.61. The molecule has 20 heavy (non-hydrogen) atoms. The second-order valence-corrected chi connectivity index (χ2v) is 7.01. The van der Waals surface area contributed by atoms with Crippen LogP contribution in [0.4, 0.5) is 4.79 Å². The molecule has 2 rings (SSSR count). The molecule has 4 heteroatoms. The van der Waals surface area contributed by atoms with E-state index in [1.165, 1.54) is 11.1 Å². The molecule has 0 bridgehead atoms. The Labute approximate surface area is 126 Å². The lowest BCUT2D eigenvalue weighted by Gasteiger charge is -2.17. The Balaban J connectivity index is 2.07. The van der Waals surface area contributed by atoms with Gasteiger partial charge in [-0.15, -0.1) is 0 Å². The summed E-state index contributed by atoms with van der Waals surface area (Å²) in [5.74, 6) is 0. The number of hydrogen-bond donors (Lipinski definition) is 0. The first-order chi connectivity index (χ1) is 9.77. The number of ether oxygens (including phenoxy) is 1. The summed E-state index contributed by atoms with van der Waals surface area (Å²) in [5, 5.41) is 0. The lowest BCUT2D eigenvalue weighted by atomic mass is 10.0. The third kappa shape index (κ3) is 4.51. The van der Waals surface area contributed by atoms with Crippen LogP contribution in [0.1, 0.15) is 16.7 Å². The van der Waals surface area contributed by atoms with Crippen LogP contribution in [0.3, 0.4) is 0 Å². The van der Waals surface area contributed by atoms with Crippen LogP contribution in [-0.4, -0.2) is 21.6 Å². The van der Waals surface area contributed by atoms with Crippen molar-refractivity contribution < 1.29 is 9.53 Å². The number of carbonyl (C=O) groups is 1. The number of carbonyl (C=O) groups excluding carboxylic acids is 1. The molecular formula is C16H17ClO2Si. The summed E-state index contributed by atoms with van der Waals surface area (Å²) in [6, 6.07) is 21.9. The van der Waals surface area contributed by atoms with E-state index in [0.29, 0.717) is 12.1 Å². The molecule has 104 valence electrons. The fourth-order valence-corrected chi connectivity index (χ4v) is 4.34. The summed E-state index contributed by atoms with van der Waals surface area (Å²) in [7, 11) is -0.450. The van der Waals surface area contributed by atoms with Gasteiger partial charge in [-0.25, -0.2) is 4.79 Å². The SMILES string of the molecule is O=C(Cl)OCC[SiH2]C(c1ccccc1)c1ccccc1. The smallest absolute Gasteiger partial charge is 0.403 e. The van der Waals surface area contributed by atoms with E-state index in [1.807, 2.05) is 12.1 Å². The van der Waals surface area contributed by atoms with Crippen LogP contribution in [-0.2, 0) is 4.74 Å². The van der Waals surface area contributed by atoms with E-state index in [2.05, 4.69) is 48.5 Å². The second-order valence-electron chi connectivity index (χ2n) is 4.60. The first-order valence-corrected chi connectivity index (χ1v) is 8.89. The van der Waals surface area contributed by atoms with Crippen molar-refractivity contribution in [3.63, 3.8) is 0 Å². The highest BCUT2D eigenvalue weighted by atomic mass is 35.5. The molecule has 0 saturated heterocycles. The average molecular weight is 305 g/mol. The first kappa shape index (κ1) is 14.8. The molecule has 0 radical (unpaired) electrons. The third-order valence-corrected chi connectivity index (χ3v) is 5.58. The van der Waals surface area contributed by atoms with Crippen LogP contribution in [0.5, 0.6) is 0 Å². The lowest BCUT2D eigenvalue weighted by molar-refractivity contribution is 0.179. The van der Waals surface area contributed by atoms with Crippen LogP contribution >= 0.6 is 11.6 Å². The topological polar surface area (TPSA) is 26.3 Å². The Bertz CT molecular complexity index is 491. The van der Waals surface area contributed by atoms with Crippen molar-refractivity contribution in [3.05, 3.63) is 71.8 Å². The summed E-state index contributed by atoms with van der Waals surface area (Å²) >= 11 is 5.18. The maximum Gasteiger partial charge on any atom is 0.403 e. The summed E-state index contributed by atoms with van der Waals surface area (Å²) in [5.41, 5.74) is 2.41. The molecule has 2 aromatic carbocycles. The molecular weight excluding hydrogens is 288 g/mol. The van der Waals surface area contributed by atoms with Crippen LogP contribution < -0.4 is 0 Å². The van der Waals surface area contributed by atoms with Gasteiger partial charge in [0.05, 0.1) is 6.61 Å². The molecule has 0 saturated carbocycles. The van der Waals surface area contributed by atoms with E-state index in [4.69, 9.17) is 16.3 Å². The Hall–Kier alpha value is -1.58. The van der Waals surface area contributed by atoms with Crippen molar-refractivity contribution >= 4 is 26.5 Å². The van der Waals surface area contributed by atoms with Gasteiger partial charge in [0.1, 0.15) is 0 Å². The van der Waals surface area contributed by atoms with Crippen molar-refractivity contribution in [1.29, 1.82) is 0 Å². The van der Waals surface area contributed by atoms with Crippen LogP contribution in [0.15, 0.2) is 60.7 Å². The van der Waals surface area contributed by atoms with E-state index in [-0.39, 0.29) is 0 Å². The molecule has 0 unspecified atom stereocenters. The zero-order chi connectivity index (χ0) is 14.2. The molecule has 2 aromatic rings. The monoisotopic (exact) mass is 304 g/mol. The Morgan fingerprint density at radius 1 is 1.00 bits per heavy atom. The van der Waals surface area contributed by atoms with E-state index < -0.39 is 14.9 Å². The normalized spacial score (nSPS) is 11.1. The largest absolute Gasteiger partial charge is 0.454 e. The van der Waals surface area contributed by atoms with Gasteiger partial charge >= 0.3 is 5.43 Å². The highest BCUT2D eigenvalue weighted by Gasteiger charge is 2.14. The van der Waals surface area contributed by atoms with Crippen molar-refractivity contribution in [2.75, 3.05) is 6.61 Å². The van der Waals surface area contributed by atoms with Gasteiger partial charge in [0.15, 0.2) is 0 Å². The van der Waals surface area contributed by atoms with Crippen molar-refractivity contribution in [2.45, 2.75) is 11.6 Å². The van der Waals surface area contributed by atoms with Crippen molar-refractivity contribution in [2.24, 2.45) is 0 Å². The van der Waals surface area contributed by atoms with Gasteiger partial charge < -0.3 is 4.74 Å². The van der Waals surface area contributed by atoms with Gasteiger partial charge in [0.25, 0.3) is 0 Å². The summed E-state index contributed by atoms with van der Waals surface area (Å²) in [4.78, 5) is 10.6. The summed E-state index contributed by atoms with van der Waals surface area (Å²) < 4.78 is 4.83. The maximum absolute atomic E-state index is 10.6. The maximum atomic E-state index is 10.6. The van der Waals surface area contributed by atoms with Gasteiger partial charge in [-0.2, -0.15) is 0 Å². The van der Waals surface area contributed by atoms with Gasteiger partial charge in [0, 0.05) is 21.1 Å². The number of benzene rings is 2.